The average molecular weight is 222 g/mol. The Kier molecular flexibility index (Phi) is 8.43. The Hall–Kier alpha value is 0.0700. The molecule has 0 bridgehead atoms. The maximum absolute atomic E-state index is 11.5. The third-order valence-electron chi connectivity index (χ3n) is 1.79. The second-order valence-corrected chi connectivity index (χ2v) is 5.38. The van der Waals surface area contributed by atoms with Crippen molar-refractivity contribution in [3.05, 3.63) is 0 Å². The molecule has 0 aromatic carbocycles. The molecule has 0 aromatic rings. The van der Waals surface area contributed by atoms with Gasteiger partial charge in [-0.2, -0.15) is 0 Å². The van der Waals surface area contributed by atoms with Crippen LogP contribution in [0.2, 0.25) is 0 Å². The smallest absolute Gasteiger partial charge is 0.158 e. The van der Waals surface area contributed by atoms with Crippen LogP contribution in [0.4, 0.5) is 0 Å². The first-order valence-electron chi connectivity index (χ1n) is 5.22. The van der Waals surface area contributed by atoms with E-state index in [-0.39, 0.29) is 11.5 Å². The van der Waals surface area contributed by atoms with Crippen LogP contribution in [0, 0.1) is 0 Å². The van der Waals surface area contributed by atoms with E-state index in [0.29, 0.717) is 25.4 Å². The van der Waals surface area contributed by atoms with E-state index < -0.39 is 10.8 Å². The fourth-order valence-electron chi connectivity index (χ4n) is 1.03. The molecule has 0 aliphatic rings. The molecule has 0 aliphatic heterocycles. The van der Waals surface area contributed by atoms with E-state index in [2.05, 4.69) is 0 Å². The largest absolute Gasteiger partial charge is 0.353 e. The predicted molar refractivity (Wildman–Crippen MR) is 59.8 cm³/mol. The molecule has 0 saturated carbocycles. The van der Waals surface area contributed by atoms with Crippen molar-refractivity contribution in [2.45, 2.75) is 45.7 Å². The molecular weight excluding hydrogens is 200 g/mol. The van der Waals surface area contributed by atoms with Gasteiger partial charge in [-0.1, -0.05) is 13.8 Å². The van der Waals surface area contributed by atoms with Crippen LogP contribution in [0.25, 0.3) is 0 Å². The second kappa shape index (κ2) is 8.38. The first-order valence-corrected chi connectivity index (χ1v) is 6.60. The fourth-order valence-corrected chi connectivity index (χ4v) is 1.93. The summed E-state index contributed by atoms with van der Waals surface area (Å²) in [7, 11) is -0.759. The van der Waals surface area contributed by atoms with Crippen LogP contribution in [0.3, 0.4) is 0 Å². The van der Waals surface area contributed by atoms with Gasteiger partial charge in [0, 0.05) is 41.4 Å². The third-order valence-corrected chi connectivity index (χ3v) is 3.48. The molecule has 3 nitrogen and oxygen atoms in total. The highest BCUT2D eigenvalue weighted by Gasteiger charge is 2.11. The van der Waals surface area contributed by atoms with Crippen LogP contribution in [0.1, 0.15) is 34.1 Å². The molecule has 0 rings (SSSR count). The Bertz CT molecular complexity index is 153. The molecule has 0 spiro atoms. The first kappa shape index (κ1) is 14.1. The summed E-state index contributed by atoms with van der Waals surface area (Å²) in [5, 5.41) is 0.221. The van der Waals surface area contributed by atoms with Crippen molar-refractivity contribution in [3.63, 3.8) is 0 Å². The van der Waals surface area contributed by atoms with Gasteiger partial charge in [-0.15, -0.1) is 0 Å². The Morgan fingerprint density at radius 2 is 1.64 bits per heavy atom. The van der Waals surface area contributed by atoms with E-state index >= 15 is 0 Å². The molecule has 0 amide bonds. The van der Waals surface area contributed by atoms with Crippen LogP contribution in [0.15, 0.2) is 0 Å². The molecule has 1 atom stereocenters. The zero-order chi connectivity index (χ0) is 11.0. The van der Waals surface area contributed by atoms with E-state index in [9.17, 15) is 4.21 Å². The lowest BCUT2D eigenvalue weighted by atomic mass is 10.4. The summed E-state index contributed by atoms with van der Waals surface area (Å²) < 4.78 is 22.2. The fraction of sp³-hybridized carbons (Fsp3) is 1.00. The van der Waals surface area contributed by atoms with Gasteiger partial charge in [-0.25, -0.2) is 0 Å². The average Bonchev–Trinajstić information content (AvgIpc) is 2.14. The van der Waals surface area contributed by atoms with Gasteiger partial charge >= 0.3 is 0 Å². The zero-order valence-electron chi connectivity index (χ0n) is 9.62. The van der Waals surface area contributed by atoms with Crippen LogP contribution in [0.5, 0.6) is 0 Å². The van der Waals surface area contributed by atoms with Crippen LogP contribution >= 0.6 is 0 Å². The normalized spacial score (nSPS) is 13.9. The molecule has 0 radical (unpaired) electrons. The van der Waals surface area contributed by atoms with Crippen LogP contribution < -0.4 is 0 Å². The molecule has 0 heterocycles. The summed E-state index contributed by atoms with van der Waals surface area (Å²) >= 11 is 0. The summed E-state index contributed by atoms with van der Waals surface area (Å²) in [6, 6.07) is 0. The summed E-state index contributed by atoms with van der Waals surface area (Å²) in [5.74, 6) is 0.655. The molecule has 4 heteroatoms. The van der Waals surface area contributed by atoms with Gasteiger partial charge < -0.3 is 9.47 Å². The van der Waals surface area contributed by atoms with E-state index in [1.165, 1.54) is 0 Å². The molecule has 0 fully saturated rings. The van der Waals surface area contributed by atoms with Crippen molar-refractivity contribution < 1.29 is 13.7 Å². The minimum Gasteiger partial charge on any atom is -0.353 e. The molecule has 0 aliphatic carbocycles. The lowest BCUT2D eigenvalue weighted by Crippen LogP contribution is -2.21. The standard InChI is InChI=1S/C10H22O3S/c1-5-12-10(13-6-2)7-8-14(11)9(3)4/h9-10H,5-8H2,1-4H3. The Balaban J connectivity index is 3.74. The van der Waals surface area contributed by atoms with E-state index in [1.54, 1.807) is 0 Å². The molecule has 0 saturated heterocycles. The highest BCUT2D eigenvalue weighted by atomic mass is 32.2. The highest BCUT2D eigenvalue weighted by molar-refractivity contribution is 7.85. The topological polar surface area (TPSA) is 35.5 Å². The van der Waals surface area contributed by atoms with Crippen molar-refractivity contribution in [1.82, 2.24) is 0 Å². The van der Waals surface area contributed by atoms with Gasteiger partial charge in [0.25, 0.3) is 0 Å². The van der Waals surface area contributed by atoms with Gasteiger partial charge in [0.2, 0.25) is 0 Å². The van der Waals surface area contributed by atoms with E-state index in [0.717, 1.165) is 0 Å². The summed E-state index contributed by atoms with van der Waals surface area (Å²) in [6.07, 6.45) is 0.527. The third kappa shape index (κ3) is 6.51. The SMILES string of the molecule is CCOC(CCS(=O)C(C)C)OCC. The number of rotatable bonds is 8. The zero-order valence-corrected chi connectivity index (χ0v) is 10.4. The number of ether oxygens (including phenoxy) is 2. The predicted octanol–water partition coefficient (Wildman–Crippen LogP) is 1.93. The maximum atomic E-state index is 11.5. The molecular formula is C10H22O3S. The molecule has 1 unspecified atom stereocenters. The van der Waals surface area contributed by atoms with Crippen molar-refractivity contribution in [2.24, 2.45) is 0 Å². The van der Waals surface area contributed by atoms with E-state index in [1.807, 2.05) is 27.7 Å². The summed E-state index contributed by atoms with van der Waals surface area (Å²) in [5.41, 5.74) is 0. The van der Waals surface area contributed by atoms with Crippen molar-refractivity contribution in [3.8, 4) is 0 Å². The van der Waals surface area contributed by atoms with Crippen LogP contribution in [-0.2, 0) is 20.3 Å². The van der Waals surface area contributed by atoms with Gasteiger partial charge in [-0.3, -0.25) is 4.21 Å². The molecule has 0 aromatic heterocycles. The second-order valence-electron chi connectivity index (χ2n) is 3.26. The van der Waals surface area contributed by atoms with Gasteiger partial charge in [0.1, 0.15) is 0 Å². The van der Waals surface area contributed by atoms with Gasteiger partial charge in [0.05, 0.1) is 0 Å². The molecule has 14 heavy (non-hydrogen) atoms. The molecule has 0 N–H and O–H groups in total. The van der Waals surface area contributed by atoms with E-state index in [4.69, 9.17) is 9.47 Å². The minimum atomic E-state index is -0.759. The first-order chi connectivity index (χ1) is 6.61. The lowest BCUT2D eigenvalue weighted by Gasteiger charge is -2.16. The Morgan fingerprint density at radius 1 is 1.14 bits per heavy atom. The quantitative estimate of drug-likeness (QED) is 0.589. The lowest BCUT2D eigenvalue weighted by molar-refractivity contribution is -0.136. The molecule has 86 valence electrons. The Morgan fingerprint density at radius 3 is 2.00 bits per heavy atom. The summed E-state index contributed by atoms with van der Waals surface area (Å²) in [4.78, 5) is 0. The number of hydrogen-bond donors (Lipinski definition) is 0. The van der Waals surface area contributed by atoms with Gasteiger partial charge in [-0.05, 0) is 13.8 Å². The maximum Gasteiger partial charge on any atom is 0.158 e. The minimum absolute atomic E-state index is 0.187. The summed E-state index contributed by atoms with van der Waals surface area (Å²) in [6.45, 7) is 9.08. The van der Waals surface area contributed by atoms with Crippen LogP contribution in [-0.4, -0.2) is 34.7 Å². The van der Waals surface area contributed by atoms with Crippen molar-refractivity contribution >= 4 is 10.8 Å². The number of hydrogen-bond acceptors (Lipinski definition) is 3. The van der Waals surface area contributed by atoms with Gasteiger partial charge in [0.15, 0.2) is 6.29 Å². The van der Waals surface area contributed by atoms with Crippen molar-refractivity contribution in [1.29, 1.82) is 0 Å². The highest BCUT2D eigenvalue weighted by Crippen LogP contribution is 2.05. The monoisotopic (exact) mass is 222 g/mol. The Labute approximate surface area is 89.6 Å². The van der Waals surface area contributed by atoms with Crippen molar-refractivity contribution in [2.75, 3.05) is 19.0 Å².